The van der Waals surface area contributed by atoms with Crippen molar-refractivity contribution in [2.45, 2.75) is 44.7 Å². The van der Waals surface area contributed by atoms with E-state index >= 15 is 0 Å². The van der Waals surface area contributed by atoms with E-state index in [1.165, 1.54) is 24.2 Å². The summed E-state index contributed by atoms with van der Waals surface area (Å²) >= 11 is 0. The van der Waals surface area contributed by atoms with E-state index in [0.29, 0.717) is 39.1 Å². The Labute approximate surface area is 136 Å². The third kappa shape index (κ3) is 7.08. The second-order valence-electron chi connectivity index (χ2n) is 6.67. The van der Waals surface area contributed by atoms with Crippen LogP contribution in [0.3, 0.4) is 0 Å². The Balaban J connectivity index is 1.77. The molecule has 0 aliphatic carbocycles. The summed E-state index contributed by atoms with van der Waals surface area (Å²) in [5.41, 5.74) is 0. The van der Waals surface area contributed by atoms with Crippen LogP contribution in [0.2, 0.25) is 0 Å². The molecule has 0 bridgehead atoms. The predicted octanol–water partition coefficient (Wildman–Crippen LogP) is 2.35. The third-order valence-corrected chi connectivity index (χ3v) is 4.65. The first kappa shape index (κ1) is 18.5. The van der Waals surface area contributed by atoms with Crippen LogP contribution in [-0.4, -0.2) is 79.1 Å². The largest absolute Gasteiger partial charge is 0.401 e. The summed E-state index contributed by atoms with van der Waals surface area (Å²) in [7, 11) is 0. The van der Waals surface area contributed by atoms with Crippen LogP contribution in [0.5, 0.6) is 0 Å². The molecule has 1 amide bonds. The number of alkyl halides is 3. The highest BCUT2D eigenvalue weighted by Gasteiger charge is 2.31. The fraction of sp³-hybridized carbons (Fsp3) is 0.938. The lowest BCUT2D eigenvalue weighted by Gasteiger charge is -2.28. The van der Waals surface area contributed by atoms with E-state index in [0.717, 1.165) is 25.9 Å². The van der Waals surface area contributed by atoms with Crippen LogP contribution < -0.4 is 0 Å². The van der Waals surface area contributed by atoms with Crippen molar-refractivity contribution in [1.82, 2.24) is 14.7 Å². The van der Waals surface area contributed by atoms with Gasteiger partial charge in [0, 0.05) is 26.2 Å². The molecule has 7 heteroatoms. The Bertz CT molecular complexity index is 368. The maximum absolute atomic E-state index is 12.5. The minimum Gasteiger partial charge on any atom is -0.342 e. The number of amides is 1. The minimum atomic E-state index is -4.14. The molecule has 2 aliphatic rings. The molecule has 0 atom stereocenters. The van der Waals surface area contributed by atoms with Crippen molar-refractivity contribution in [3.05, 3.63) is 0 Å². The number of carbonyl (C=O) groups is 1. The van der Waals surface area contributed by atoms with E-state index < -0.39 is 12.7 Å². The van der Waals surface area contributed by atoms with Crippen molar-refractivity contribution in [3.63, 3.8) is 0 Å². The van der Waals surface area contributed by atoms with E-state index in [4.69, 9.17) is 0 Å². The van der Waals surface area contributed by atoms with Gasteiger partial charge < -0.3 is 4.90 Å². The quantitative estimate of drug-likeness (QED) is 0.792. The van der Waals surface area contributed by atoms with Crippen LogP contribution >= 0.6 is 0 Å². The molecule has 0 aromatic rings. The van der Waals surface area contributed by atoms with E-state index in [-0.39, 0.29) is 5.91 Å². The zero-order valence-corrected chi connectivity index (χ0v) is 13.8. The van der Waals surface area contributed by atoms with E-state index in [1.54, 1.807) is 0 Å². The summed E-state index contributed by atoms with van der Waals surface area (Å²) < 4.78 is 37.4. The number of likely N-dealkylation sites (tertiary alicyclic amines) is 1. The molecule has 0 spiro atoms. The zero-order valence-electron chi connectivity index (χ0n) is 13.8. The second-order valence-corrected chi connectivity index (χ2v) is 6.67. The molecule has 2 fully saturated rings. The van der Waals surface area contributed by atoms with Gasteiger partial charge in [-0.1, -0.05) is 19.3 Å². The molecule has 2 aliphatic heterocycles. The molecule has 0 aromatic carbocycles. The van der Waals surface area contributed by atoms with Crippen LogP contribution in [0.15, 0.2) is 0 Å². The lowest BCUT2D eigenvalue weighted by Crippen LogP contribution is -2.43. The number of hydrogen-bond donors (Lipinski definition) is 0. The molecule has 134 valence electrons. The summed E-state index contributed by atoms with van der Waals surface area (Å²) in [6.45, 7) is 3.23. The molecule has 2 heterocycles. The van der Waals surface area contributed by atoms with Gasteiger partial charge in [0.05, 0.1) is 13.1 Å². The third-order valence-electron chi connectivity index (χ3n) is 4.65. The maximum Gasteiger partial charge on any atom is 0.401 e. The maximum atomic E-state index is 12.5. The molecular formula is C16H28F3N3O. The molecule has 23 heavy (non-hydrogen) atoms. The van der Waals surface area contributed by atoms with E-state index in [9.17, 15) is 18.0 Å². The average molecular weight is 335 g/mol. The highest BCUT2D eigenvalue weighted by Crippen LogP contribution is 2.17. The van der Waals surface area contributed by atoms with Crippen molar-refractivity contribution in [2.24, 2.45) is 0 Å². The van der Waals surface area contributed by atoms with Gasteiger partial charge in [0.15, 0.2) is 0 Å². The molecular weight excluding hydrogens is 307 g/mol. The fourth-order valence-corrected chi connectivity index (χ4v) is 3.38. The van der Waals surface area contributed by atoms with Gasteiger partial charge in [-0.05, 0) is 32.4 Å². The lowest BCUT2D eigenvalue weighted by atomic mass is 10.1. The van der Waals surface area contributed by atoms with Crippen molar-refractivity contribution < 1.29 is 18.0 Å². The van der Waals surface area contributed by atoms with Crippen molar-refractivity contribution in [3.8, 4) is 0 Å². The molecule has 2 rings (SSSR count). The number of rotatable bonds is 3. The summed E-state index contributed by atoms with van der Waals surface area (Å²) in [4.78, 5) is 17.8. The van der Waals surface area contributed by atoms with E-state index in [2.05, 4.69) is 0 Å². The second kappa shape index (κ2) is 8.87. The predicted molar refractivity (Wildman–Crippen MR) is 83.2 cm³/mol. The van der Waals surface area contributed by atoms with Gasteiger partial charge >= 0.3 is 6.18 Å². The van der Waals surface area contributed by atoms with Gasteiger partial charge in [-0.25, -0.2) is 0 Å². The van der Waals surface area contributed by atoms with Crippen molar-refractivity contribution in [1.29, 1.82) is 0 Å². The van der Waals surface area contributed by atoms with Gasteiger partial charge in [-0.15, -0.1) is 0 Å². The van der Waals surface area contributed by atoms with Gasteiger partial charge in [-0.3, -0.25) is 14.6 Å². The highest BCUT2D eigenvalue weighted by molar-refractivity contribution is 5.78. The first-order chi connectivity index (χ1) is 10.9. The first-order valence-corrected chi connectivity index (χ1v) is 8.73. The van der Waals surface area contributed by atoms with Crippen LogP contribution in [0.1, 0.15) is 38.5 Å². The topological polar surface area (TPSA) is 26.8 Å². The molecule has 0 aromatic heterocycles. The molecule has 0 N–H and O–H groups in total. The number of nitrogens with zero attached hydrogens (tertiary/aromatic N) is 3. The molecule has 0 radical (unpaired) electrons. The molecule has 0 saturated carbocycles. The number of carbonyl (C=O) groups excluding carboxylic acids is 1. The normalized spacial score (nSPS) is 23.2. The van der Waals surface area contributed by atoms with Gasteiger partial charge in [0.2, 0.25) is 5.91 Å². The molecule has 4 nitrogen and oxygen atoms in total. The Kier molecular flexibility index (Phi) is 7.14. The van der Waals surface area contributed by atoms with Gasteiger partial charge in [0.1, 0.15) is 0 Å². The van der Waals surface area contributed by atoms with Crippen LogP contribution in [-0.2, 0) is 4.79 Å². The van der Waals surface area contributed by atoms with E-state index in [1.807, 2.05) is 9.80 Å². The smallest absolute Gasteiger partial charge is 0.342 e. The highest BCUT2D eigenvalue weighted by atomic mass is 19.4. The summed E-state index contributed by atoms with van der Waals surface area (Å²) in [6, 6.07) is 0. The summed E-state index contributed by atoms with van der Waals surface area (Å²) in [5, 5.41) is 0. The Morgan fingerprint density at radius 3 is 1.96 bits per heavy atom. The van der Waals surface area contributed by atoms with Crippen LogP contribution in [0.25, 0.3) is 0 Å². The van der Waals surface area contributed by atoms with Gasteiger partial charge in [0.25, 0.3) is 0 Å². The van der Waals surface area contributed by atoms with Gasteiger partial charge in [-0.2, -0.15) is 13.2 Å². The number of hydrogen-bond acceptors (Lipinski definition) is 3. The van der Waals surface area contributed by atoms with Crippen LogP contribution in [0.4, 0.5) is 13.2 Å². The molecule has 0 unspecified atom stereocenters. The SMILES string of the molecule is O=C(CN1CCCN(CC(F)(F)F)CC1)N1CCCCCCC1. The standard InChI is InChI=1S/C16H28F3N3O/c17-16(18,19)14-21-8-6-7-20(11-12-21)13-15(23)22-9-4-2-1-3-5-10-22/h1-14H2. The summed E-state index contributed by atoms with van der Waals surface area (Å²) in [6.07, 6.45) is 2.28. The first-order valence-electron chi connectivity index (χ1n) is 8.73. The zero-order chi connectivity index (χ0) is 16.7. The summed E-state index contributed by atoms with van der Waals surface area (Å²) in [5.74, 6) is 0.135. The Morgan fingerprint density at radius 1 is 0.739 bits per heavy atom. The molecule has 2 saturated heterocycles. The monoisotopic (exact) mass is 335 g/mol. The lowest BCUT2D eigenvalue weighted by molar-refractivity contribution is -0.145. The minimum absolute atomic E-state index is 0.135. The Morgan fingerprint density at radius 2 is 1.30 bits per heavy atom. The number of halogens is 3. The average Bonchev–Trinajstić information content (AvgIpc) is 2.62. The van der Waals surface area contributed by atoms with Crippen molar-refractivity contribution >= 4 is 5.91 Å². The van der Waals surface area contributed by atoms with Crippen LogP contribution in [0, 0.1) is 0 Å². The Hall–Kier alpha value is -0.820. The fourth-order valence-electron chi connectivity index (χ4n) is 3.38. The van der Waals surface area contributed by atoms with Crippen molar-refractivity contribution in [2.75, 3.05) is 52.4 Å².